The Morgan fingerprint density at radius 1 is 1.30 bits per heavy atom. The third-order valence-electron chi connectivity index (χ3n) is 3.30. The zero-order valence-electron chi connectivity index (χ0n) is 12.8. The molecule has 2 saturated heterocycles. The number of imide groups is 1. The summed E-state index contributed by atoms with van der Waals surface area (Å²) < 4.78 is 4.85. The molecule has 2 heterocycles. The molecule has 23 heavy (non-hydrogen) atoms. The van der Waals surface area contributed by atoms with Gasteiger partial charge in [-0.25, -0.2) is 0 Å². The summed E-state index contributed by atoms with van der Waals surface area (Å²) in [5.41, 5.74) is 10.2. The van der Waals surface area contributed by atoms with E-state index < -0.39 is 48.0 Å². The van der Waals surface area contributed by atoms with Crippen molar-refractivity contribution >= 4 is 36.3 Å². The van der Waals surface area contributed by atoms with Crippen LogP contribution in [0.1, 0.15) is 20.3 Å². The normalized spacial score (nSPS) is 24.7. The molecule has 0 aliphatic carbocycles. The van der Waals surface area contributed by atoms with Crippen LogP contribution in [0.2, 0.25) is 0 Å². The number of thiol groups is 1. The van der Waals surface area contributed by atoms with Crippen LogP contribution < -0.4 is 11.5 Å². The van der Waals surface area contributed by atoms with Gasteiger partial charge in [-0.15, -0.1) is 0 Å². The molecule has 0 bridgehead atoms. The minimum Gasteiger partial charge on any atom is -0.480 e. The molecule has 0 spiro atoms. The standard InChI is InChI=1S/C10H14N2O4.C3H7NO2S/c1-4(2)3-5(8(11)13)12-9(14)6-7(16-6)10(12)15;4-2(1-7)3(5)6/h4-7H,3H2,1-2H3,(H2,11,13);2,7H,1,4H2,(H,5,6)/t5-,6-,7-;2-/m00/s1. The molecule has 9 nitrogen and oxygen atoms in total. The van der Waals surface area contributed by atoms with Gasteiger partial charge in [0.05, 0.1) is 0 Å². The number of nitrogens with zero attached hydrogens (tertiary/aromatic N) is 1. The molecule has 2 fully saturated rings. The smallest absolute Gasteiger partial charge is 0.321 e. The zero-order chi connectivity index (χ0) is 17.9. The summed E-state index contributed by atoms with van der Waals surface area (Å²) in [6, 6.07) is -1.65. The lowest BCUT2D eigenvalue weighted by atomic mass is 10.0. The third-order valence-corrected chi connectivity index (χ3v) is 3.70. The van der Waals surface area contributed by atoms with E-state index in [1.165, 1.54) is 0 Å². The highest BCUT2D eigenvalue weighted by molar-refractivity contribution is 7.80. The number of primary amides is 1. The van der Waals surface area contributed by atoms with Gasteiger partial charge in [0, 0.05) is 5.75 Å². The van der Waals surface area contributed by atoms with Gasteiger partial charge in [-0.05, 0) is 12.3 Å². The molecule has 3 amide bonds. The van der Waals surface area contributed by atoms with Crippen LogP contribution in [0.25, 0.3) is 0 Å². The van der Waals surface area contributed by atoms with Gasteiger partial charge in [-0.3, -0.25) is 24.1 Å². The Labute approximate surface area is 138 Å². The lowest BCUT2D eigenvalue weighted by Crippen LogP contribution is -2.50. The summed E-state index contributed by atoms with van der Waals surface area (Å²) in [5, 5.41) is 8.01. The molecule has 0 unspecified atom stereocenters. The number of hydrogen-bond acceptors (Lipinski definition) is 7. The van der Waals surface area contributed by atoms with Gasteiger partial charge in [0.1, 0.15) is 12.1 Å². The molecule has 130 valence electrons. The third kappa shape index (κ3) is 4.66. The maximum atomic E-state index is 11.7. The second-order valence-electron chi connectivity index (χ2n) is 5.70. The SMILES string of the molecule is CC(C)C[C@@H](C(N)=O)N1C(=O)[C@H]2O[C@@H]2C1=O.N[C@@H](CS)C(=O)O. The molecule has 0 saturated carbocycles. The molecule has 0 aromatic heterocycles. The van der Waals surface area contributed by atoms with Crippen LogP contribution in [0.3, 0.4) is 0 Å². The predicted octanol–water partition coefficient (Wildman–Crippen LogP) is -1.65. The van der Waals surface area contributed by atoms with Crippen molar-refractivity contribution in [1.29, 1.82) is 0 Å². The Kier molecular flexibility index (Phi) is 6.54. The number of ether oxygens (including phenoxy) is 1. The zero-order valence-corrected chi connectivity index (χ0v) is 13.7. The summed E-state index contributed by atoms with van der Waals surface area (Å²) in [5.74, 6) is -2.14. The number of morpholine rings is 1. The molecule has 2 aliphatic heterocycles. The van der Waals surface area contributed by atoms with Crippen LogP contribution in [0.5, 0.6) is 0 Å². The van der Waals surface area contributed by atoms with Crippen molar-refractivity contribution in [2.24, 2.45) is 17.4 Å². The molecule has 10 heteroatoms. The molecule has 4 atom stereocenters. The summed E-state index contributed by atoms with van der Waals surface area (Å²) in [6.07, 6.45) is -0.935. The van der Waals surface area contributed by atoms with E-state index in [-0.39, 0.29) is 11.7 Å². The van der Waals surface area contributed by atoms with Crippen molar-refractivity contribution in [1.82, 2.24) is 4.90 Å². The highest BCUT2D eigenvalue weighted by atomic mass is 32.1. The van der Waals surface area contributed by atoms with Crippen molar-refractivity contribution in [3.63, 3.8) is 0 Å². The van der Waals surface area contributed by atoms with E-state index in [1.54, 1.807) is 0 Å². The number of likely N-dealkylation sites (tertiary alicyclic amines) is 1. The number of carboxylic acids is 1. The molecule has 5 N–H and O–H groups in total. The fourth-order valence-electron chi connectivity index (χ4n) is 2.05. The van der Waals surface area contributed by atoms with E-state index in [1.807, 2.05) is 13.8 Å². The quantitative estimate of drug-likeness (QED) is 0.255. The summed E-state index contributed by atoms with van der Waals surface area (Å²) >= 11 is 3.65. The van der Waals surface area contributed by atoms with Crippen LogP contribution in [0.15, 0.2) is 0 Å². The summed E-state index contributed by atoms with van der Waals surface area (Å²) in [6.45, 7) is 3.80. The number of amides is 3. The average Bonchev–Trinajstić information content (AvgIpc) is 3.21. The maximum absolute atomic E-state index is 11.7. The monoisotopic (exact) mass is 347 g/mol. The first-order valence-electron chi connectivity index (χ1n) is 7.02. The van der Waals surface area contributed by atoms with Crippen molar-refractivity contribution < 1.29 is 29.0 Å². The number of rotatable bonds is 6. The van der Waals surface area contributed by atoms with Gasteiger partial charge in [-0.2, -0.15) is 12.6 Å². The van der Waals surface area contributed by atoms with E-state index in [2.05, 4.69) is 12.6 Å². The van der Waals surface area contributed by atoms with E-state index in [0.717, 1.165) is 4.90 Å². The highest BCUT2D eigenvalue weighted by Crippen LogP contribution is 2.35. The van der Waals surface area contributed by atoms with Gasteiger partial charge in [0.15, 0.2) is 12.2 Å². The largest absolute Gasteiger partial charge is 0.480 e. The fourth-order valence-corrected chi connectivity index (χ4v) is 2.21. The van der Waals surface area contributed by atoms with Crippen molar-refractivity contribution in [2.45, 2.75) is 44.6 Å². The fraction of sp³-hybridized carbons (Fsp3) is 0.692. The van der Waals surface area contributed by atoms with Crippen molar-refractivity contribution in [3.05, 3.63) is 0 Å². The number of epoxide rings is 1. The molecular weight excluding hydrogens is 326 g/mol. The van der Waals surface area contributed by atoms with Crippen molar-refractivity contribution in [3.8, 4) is 0 Å². The Bertz CT molecular complexity index is 492. The maximum Gasteiger partial charge on any atom is 0.321 e. The molecule has 0 aromatic carbocycles. The minimum atomic E-state index is -1.00. The first-order valence-corrected chi connectivity index (χ1v) is 7.66. The first kappa shape index (κ1) is 19.4. The van der Waals surface area contributed by atoms with Gasteiger partial charge < -0.3 is 21.3 Å². The number of hydrogen-bond donors (Lipinski definition) is 4. The molecule has 0 radical (unpaired) electrons. The lowest BCUT2D eigenvalue weighted by Gasteiger charge is -2.25. The van der Waals surface area contributed by atoms with Gasteiger partial charge in [-0.1, -0.05) is 13.8 Å². The molecule has 0 aromatic rings. The lowest BCUT2D eigenvalue weighted by molar-refractivity contribution is -0.151. The highest BCUT2D eigenvalue weighted by Gasteiger charge is 2.63. The second kappa shape index (κ2) is 7.75. The van der Waals surface area contributed by atoms with Gasteiger partial charge in [0.25, 0.3) is 11.8 Å². The minimum absolute atomic E-state index is 0.177. The van der Waals surface area contributed by atoms with E-state index in [0.29, 0.717) is 6.42 Å². The van der Waals surface area contributed by atoms with E-state index in [9.17, 15) is 19.2 Å². The topological polar surface area (TPSA) is 156 Å². The number of carbonyl (C=O) groups excluding carboxylic acids is 3. The Morgan fingerprint density at radius 2 is 1.78 bits per heavy atom. The Hall–Kier alpha value is -1.65. The average molecular weight is 347 g/mol. The van der Waals surface area contributed by atoms with Crippen LogP contribution in [0.4, 0.5) is 0 Å². The number of aliphatic carboxylic acids is 1. The van der Waals surface area contributed by atoms with Crippen LogP contribution in [-0.2, 0) is 23.9 Å². The Morgan fingerprint density at radius 3 is 2.04 bits per heavy atom. The molecule has 2 aliphatic rings. The Balaban J connectivity index is 0.000000322. The summed E-state index contributed by atoms with van der Waals surface area (Å²) in [7, 11) is 0. The van der Waals surface area contributed by atoms with E-state index >= 15 is 0 Å². The number of nitrogens with two attached hydrogens (primary N) is 2. The first-order chi connectivity index (χ1) is 10.6. The summed E-state index contributed by atoms with van der Waals surface area (Å²) in [4.78, 5) is 45.3. The molecular formula is C13H21N3O6S. The van der Waals surface area contributed by atoms with Crippen LogP contribution in [0, 0.1) is 5.92 Å². The van der Waals surface area contributed by atoms with Crippen LogP contribution >= 0.6 is 12.6 Å². The number of fused-ring (bicyclic) bond motifs is 1. The van der Waals surface area contributed by atoms with E-state index in [4.69, 9.17) is 21.3 Å². The van der Waals surface area contributed by atoms with Gasteiger partial charge >= 0.3 is 5.97 Å². The second-order valence-corrected chi connectivity index (χ2v) is 6.06. The van der Waals surface area contributed by atoms with Crippen LogP contribution in [-0.4, -0.2) is 63.7 Å². The van der Waals surface area contributed by atoms with Crippen molar-refractivity contribution in [2.75, 3.05) is 5.75 Å². The van der Waals surface area contributed by atoms with Gasteiger partial charge in [0.2, 0.25) is 5.91 Å². The number of carboxylic acid groups (broad SMARTS) is 1. The predicted molar refractivity (Wildman–Crippen MR) is 82.4 cm³/mol. The number of carbonyl (C=O) groups is 4. The molecule has 2 rings (SSSR count).